The van der Waals surface area contributed by atoms with Crippen LogP contribution in [-0.2, 0) is 11.3 Å². The van der Waals surface area contributed by atoms with Crippen molar-refractivity contribution >= 4 is 17.5 Å². The number of halogens is 1. The first-order valence-electron chi connectivity index (χ1n) is 6.50. The monoisotopic (exact) mass is 324 g/mol. The normalized spacial score (nSPS) is 11.3. The van der Waals surface area contributed by atoms with E-state index in [0.717, 1.165) is 5.56 Å². The molecule has 0 N–H and O–H groups in total. The van der Waals surface area contributed by atoms with E-state index in [4.69, 9.17) is 22.8 Å². The third-order valence-electron chi connectivity index (χ3n) is 2.71. The quantitative estimate of drug-likeness (QED) is 0.181. The van der Waals surface area contributed by atoms with Gasteiger partial charge < -0.3 is 4.74 Å². The van der Waals surface area contributed by atoms with Crippen LogP contribution in [0.3, 0.4) is 0 Å². The van der Waals surface area contributed by atoms with Gasteiger partial charge in [-0.25, -0.2) is 9.98 Å². The first-order chi connectivity index (χ1) is 10.5. The van der Waals surface area contributed by atoms with Gasteiger partial charge in [0.15, 0.2) is 0 Å². The molecule has 0 spiro atoms. The first kappa shape index (κ1) is 17.9. The molecule has 0 radical (unpaired) electrons. The Bertz CT molecular complexity index is 554. The second kappa shape index (κ2) is 9.71. The van der Waals surface area contributed by atoms with Crippen molar-refractivity contribution in [2.45, 2.75) is 6.54 Å². The Labute approximate surface area is 134 Å². The number of hydrogen-bond acceptors (Lipinski definition) is 6. The number of aliphatic imine (C=N–C) groups is 1. The highest BCUT2D eigenvalue weighted by molar-refractivity contribution is 6.29. The van der Waals surface area contributed by atoms with Crippen molar-refractivity contribution in [3.63, 3.8) is 0 Å². The maximum Gasteiger partial charge on any atom is 0.277 e. The smallest absolute Gasteiger partial charge is 0.277 e. The van der Waals surface area contributed by atoms with Gasteiger partial charge in [0, 0.05) is 24.2 Å². The summed E-state index contributed by atoms with van der Waals surface area (Å²) >= 11 is 5.74. The van der Waals surface area contributed by atoms with E-state index in [-0.39, 0.29) is 5.90 Å². The lowest BCUT2D eigenvalue weighted by atomic mass is 10.2. The van der Waals surface area contributed by atoms with Crippen LogP contribution in [0, 0.1) is 22.5 Å². The summed E-state index contributed by atoms with van der Waals surface area (Å²) in [7, 11) is 1.36. The number of hydrogen-bond donors (Lipinski definition) is 0. The molecule has 22 heavy (non-hydrogen) atoms. The summed E-state index contributed by atoms with van der Waals surface area (Å²) in [6.45, 7) is 1.53. The third-order valence-corrected chi connectivity index (χ3v) is 2.94. The molecule has 0 atom stereocenters. The van der Waals surface area contributed by atoms with Crippen molar-refractivity contribution < 1.29 is 9.66 Å². The van der Waals surface area contributed by atoms with Gasteiger partial charge >= 0.3 is 0 Å². The third kappa shape index (κ3) is 7.02. The number of pyridine rings is 1. The van der Waals surface area contributed by atoms with Gasteiger partial charge in [-0.2, -0.15) is 0 Å². The molecule has 0 bridgehead atoms. The van der Waals surface area contributed by atoms with Crippen molar-refractivity contribution in [3.05, 3.63) is 39.2 Å². The Kier molecular flexibility index (Phi) is 7.89. The van der Waals surface area contributed by atoms with Crippen LogP contribution < -0.4 is 0 Å². The van der Waals surface area contributed by atoms with Crippen molar-refractivity contribution in [1.29, 1.82) is 0 Å². The summed E-state index contributed by atoms with van der Waals surface area (Å²) in [4.78, 5) is 20.0. The molecule has 0 aromatic carbocycles. The Morgan fingerprint density at radius 3 is 2.95 bits per heavy atom. The zero-order valence-corrected chi connectivity index (χ0v) is 13.0. The van der Waals surface area contributed by atoms with E-state index in [1.54, 1.807) is 12.3 Å². The highest BCUT2D eigenvalue weighted by atomic mass is 35.5. The number of methoxy groups -OCH3 is 1. The second-order valence-corrected chi connectivity index (χ2v) is 4.76. The number of terminal acetylenes is 1. The van der Waals surface area contributed by atoms with E-state index in [9.17, 15) is 10.1 Å². The summed E-state index contributed by atoms with van der Waals surface area (Å²) in [6, 6.07) is 3.58. The number of aromatic nitrogens is 1. The summed E-state index contributed by atoms with van der Waals surface area (Å²) in [5.74, 6) is 2.67. The number of rotatable bonds is 8. The van der Waals surface area contributed by atoms with Gasteiger partial charge in [-0.05, 0) is 11.6 Å². The molecule has 0 saturated carbocycles. The van der Waals surface area contributed by atoms with Gasteiger partial charge in [-0.1, -0.05) is 23.6 Å². The van der Waals surface area contributed by atoms with Crippen LogP contribution in [0.2, 0.25) is 5.15 Å². The van der Waals surface area contributed by atoms with Gasteiger partial charge in [0.25, 0.3) is 12.4 Å². The van der Waals surface area contributed by atoms with E-state index in [2.05, 4.69) is 15.9 Å². The van der Waals surface area contributed by atoms with Gasteiger partial charge in [-0.3, -0.25) is 15.0 Å². The van der Waals surface area contributed by atoms with Crippen molar-refractivity contribution in [2.75, 3.05) is 33.3 Å². The molecule has 0 amide bonds. The molecule has 8 heteroatoms. The van der Waals surface area contributed by atoms with E-state index in [0.29, 0.717) is 31.3 Å². The molecule has 0 fully saturated rings. The zero-order chi connectivity index (χ0) is 16.4. The summed E-state index contributed by atoms with van der Waals surface area (Å²) in [5, 5.41) is 10.9. The minimum atomic E-state index is -0.485. The Hall–Kier alpha value is -2.17. The first-order valence-corrected chi connectivity index (χ1v) is 6.88. The van der Waals surface area contributed by atoms with E-state index >= 15 is 0 Å². The molecule has 0 aliphatic heterocycles. The molecule has 1 aromatic heterocycles. The summed E-state index contributed by atoms with van der Waals surface area (Å²) in [6.07, 6.45) is 7.04. The topological polar surface area (TPSA) is 80.9 Å². The average Bonchev–Trinajstić information content (AvgIpc) is 2.48. The Balaban J connectivity index is 2.57. The molecule has 0 saturated heterocycles. The number of nitrogens with zero attached hydrogens (tertiary/aromatic N) is 4. The maximum atomic E-state index is 10.4. The van der Waals surface area contributed by atoms with E-state index in [1.807, 2.05) is 11.0 Å². The largest absolute Gasteiger partial charge is 0.480 e. The predicted molar refractivity (Wildman–Crippen MR) is 84.5 cm³/mol. The van der Waals surface area contributed by atoms with Crippen LogP contribution in [0.25, 0.3) is 0 Å². The zero-order valence-electron chi connectivity index (χ0n) is 12.2. The maximum absolute atomic E-state index is 10.4. The van der Waals surface area contributed by atoms with Crippen LogP contribution in [0.1, 0.15) is 5.56 Å². The number of ether oxygens (including phenoxy) is 1. The Morgan fingerprint density at radius 2 is 2.41 bits per heavy atom. The second-order valence-electron chi connectivity index (χ2n) is 4.37. The van der Waals surface area contributed by atoms with Gasteiger partial charge in [0.2, 0.25) is 0 Å². The molecule has 0 aliphatic carbocycles. The molecule has 0 aliphatic rings. The lowest BCUT2D eigenvalue weighted by molar-refractivity contribution is -0.465. The lowest BCUT2D eigenvalue weighted by Gasteiger charge is -2.18. The van der Waals surface area contributed by atoms with Gasteiger partial charge in [-0.15, -0.1) is 6.42 Å². The van der Waals surface area contributed by atoms with Crippen LogP contribution in [0.4, 0.5) is 0 Å². The fraction of sp³-hybridized carbons (Fsp3) is 0.429. The summed E-state index contributed by atoms with van der Waals surface area (Å²) < 4.78 is 4.86. The highest BCUT2D eigenvalue weighted by Gasteiger charge is 2.08. The van der Waals surface area contributed by atoms with Crippen LogP contribution in [0.15, 0.2) is 23.3 Å². The minimum Gasteiger partial charge on any atom is -0.480 e. The fourth-order valence-corrected chi connectivity index (χ4v) is 1.82. The van der Waals surface area contributed by atoms with Gasteiger partial charge in [0.05, 0.1) is 20.2 Å². The SMILES string of the molecule is C#CCN(CCN=C(C[N+](=O)[O-])OC)Cc1ccc(Cl)nc1. The van der Waals surface area contributed by atoms with Crippen molar-refractivity contribution in [2.24, 2.45) is 4.99 Å². The van der Waals surface area contributed by atoms with Crippen molar-refractivity contribution in [3.8, 4) is 12.3 Å². The Morgan fingerprint density at radius 1 is 1.64 bits per heavy atom. The fourth-order valence-electron chi connectivity index (χ4n) is 1.71. The number of nitro groups is 1. The average molecular weight is 325 g/mol. The molecule has 118 valence electrons. The lowest BCUT2D eigenvalue weighted by Crippen LogP contribution is -2.27. The predicted octanol–water partition coefficient (Wildman–Crippen LogP) is 1.49. The molecule has 1 aromatic rings. The minimum absolute atomic E-state index is 0.0961. The molecular weight excluding hydrogens is 308 g/mol. The molecule has 1 heterocycles. The van der Waals surface area contributed by atoms with Crippen molar-refractivity contribution in [1.82, 2.24) is 9.88 Å². The van der Waals surface area contributed by atoms with E-state index in [1.165, 1.54) is 7.11 Å². The molecule has 0 unspecified atom stereocenters. The highest BCUT2D eigenvalue weighted by Crippen LogP contribution is 2.07. The summed E-state index contributed by atoms with van der Waals surface area (Å²) in [5.41, 5.74) is 0.973. The van der Waals surface area contributed by atoms with Gasteiger partial charge in [0.1, 0.15) is 5.15 Å². The van der Waals surface area contributed by atoms with Crippen LogP contribution in [0.5, 0.6) is 0 Å². The van der Waals surface area contributed by atoms with E-state index < -0.39 is 11.5 Å². The molecule has 1 rings (SSSR count). The molecule has 7 nitrogen and oxygen atoms in total. The molecular formula is C14H17ClN4O3. The standard InChI is InChI=1S/C14H17ClN4O3/c1-3-7-18(10-12-4-5-13(15)17-9-12)8-6-16-14(22-2)11-19(20)21/h1,4-5,9H,6-8,10-11H2,2H3. The van der Waals surface area contributed by atoms with Crippen LogP contribution >= 0.6 is 11.6 Å². The van der Waals surface area contributed by atoms with Crippen LogP contribution in [-0.4, -0.2) is 54.0 Å².